The maximum absolute atomic E-state index is 13.4. The lowest BCUT2D eigenvalue weighted by atomic mass is 9.89. The van der Waals surface area contributed by atoms with Crippen LogP contribution in [0.5, 0.6) is 0 Å². The number of imidazole rings is 1. The molecular formula is C30H54N2O4. The monoisotopic (exact) mass is 506 g/mol. The number of aryl methyl sites for hydroxylation is 2. The average Bonchev–Trinajstić information content (AvgIpc) is 3.16. The fourth-order valence-electron chi connectivity index (χ4n) is 4.41. The van der Waals surface area contributed by atoms with E-state index in [1.807, 2.05) is 24.6 Å². The maximum atomic E-state index is 13.4. The van der Waals surface area contributed by atoms with Gasteiger partial charge in [-0.2, -0.15) is 0 Å². The van der Waals surface area contributed by atoms with Gasteiger partial charge in [-0.3, -0.25) is 4.79 Å². The van der Waals surface area contributed by atoms with Crippen molar-refractivity contribution >= 4 is 11.9 Å². The quantitative estimate of drug-likeness (QED) is 0.209. The van der Waals surface area contributed by atoms with E-state index in [1.54, 1.807) is 0 Å². The lowest BCUT2D eigenvalue weighted by Gasteiger charge is -2.25. The summed E-state index contributed by atoms with van der Waals surface area (Å²) in [6.45, 7) is 22.2. The Morgan fingerprint density at radius 3 is 1.78 bits per heavy atom. The summed E-state index contributed by atoms with van der Waals surface area (Å²) < 4.78 is 13.4. The van der Waals surface area contributed by atoms with Crippen LogP contribution in [0, 0.1) is 42.4 Å². The fourth-order valence-corrected chi connectivity index (χ4v) is 4.41. The lowest BCUT2D eigenvalue weighted by molar-refractivity contribution is -0.156. The summed E-state index contributed by atoms with van der Waals surface area (Å²) >= 11 is 0. The zero-order valence-electron chi connectivity index (χ0n) is 24.8. The van der Waals surface area contributed by atoms with Gasteiger partial charge in [-0.25, -0.2) is 9.78 Å². The van der Waals surface area contributed by atoms with Gasteiger partial charge in [0, 0.05) is 12.6 Å². The molecule has 0 saturated carbocycles. The predicted molar refractivity (Wildman–Crippen MR) is 147 cm³/mol. The number of aromatic nitrogens is 2. The van der Waals surface area contributed by atoms with Gasteiger partial charge in [-0.1, -0.05) is 75.2 Å². The second-order valence-electron chi connectivity index (χ2n) is 12.0. The largest absolute Gasteiger partial charge is 0.465 e. The van der Waals surface area contributed by atoms with Crippen molar-refractivity contribution in [2.45, 2.75) is 114 Å². The van der Waals surface area contributed by atoms with Crippen LogP contribution >= 0.6 is 0 Å². The highest BCUT2D eigenvalue weighted by Gasteiger charge is 2.30. The SMILES string of the molecule is CCc1nc(C)cn1C(CC(=O)OCC(CCC(C)C)C(C)C)C(=O)OCC(CCC(C)C)C(C)C. The van der Waals surface area contributed by atoms with Crippen LogP contribution in [-0.4, -0.2) is 34.7 Å². The molecular weight excluding hydrogens is 452 g/mol. The molecule has 0 aromatic carbocycles. The second-order valence-corrected chi connectivity index (χ2v) is 12.0. The molecule has 0 fully saturated rings. The van der Waals surface area contributed by atoms with E-state index in [-0.39, 0.29) is 18.4 Å². The first kappa shape index (κ1) is 32.2. The molecule has 208 valence electrons. The van der Waals surface area contributed by atoms with Gasteiger partial charge in [-0.05, 0) is 55.3 Å². The summed E-state index contributed by atoms with van der Waals surface area (Å²) in [6, 6.07) is -0.764. The number of carbonyl (C=O) groups is 2. The molecule has 0 spiro atoms. The Bertz CT molecular complexity index is 782. The van der Waals surface area contributed by atoms with E-state index in [9.17, 15) is 9.59 Å². The zero-order chi connectivity index (χ0) is 27.4. The van der Waals surface area contributed by atoms with E-state index in [0.29, 0.717) is 55.1 Å². The van der Waals surface area contributed by atoms with Crippen molar-refractivity contribution in [3.8, 4) is 0 Å². The number of esters is 2. The van der Waals surface area contributed by atoms with E-state index >= 15 is 0 Å². The Morgan fingerprint density at radius 2 is 1.33 bits per heavy atom. The highest BCUT2D eigenvalue weighted by atomic mass is 16.5. The highest BCUT2D eigenvalue weighted by Crippen LogP contribution is 2.25. The van der Waals surface area contributed by atoms with Crippen LogP contribution < -0.4 is 0 Å². The molecule has 1 aromatic rings. The second kappa shape index (κ2) is 16.1. The fraction of sp³-hybridized carbons (Fsp3) is 0.833. The normalized spacial score (nSPS) is 14.5. The molecule has 3 atom stereocenters. The Labute approximate surface area is 220 Å². The van der Waals surface area contributed by atoms with Crippen LogP contribution in [0.15, 0.2) is 6.20 Å². The molecule has 1 heterocycles. The molecule has 1 aromatic heterocycles. The molecule has 36 heavy (non-hydrogen) atoms. The molecule has 0 aliphatic heterocycles. The summed E-state index contributed by atoms with van der Waals surface area (Å²) in [5.41, 5.74) is 0.823. The first-order valence-corrected chi connectivity index (χ1v) is 14.2. The first-order chi connectivity index (χ1) is 16.8. The van der Waals surface area contributed by atoms with Crippen molar-refractivity contribution in [2.75, 3.05) is 13.2 Å². The van der Waals surface area contributed by atoms with E-state index in [4.69, 9.17) is 9.47 Å². The molecule has 0 N–H and O–H groups in total. The third-order valence-electron chi connectivity index (χ3n) is 7.23. The number of hydrogen-bond acceptors (Lipinski definition) is 5. The van der Waals surface area contributed by atoms with Crippen molar-refractivity contribution in [3.63, 3.8) is 0 Å². The van der Waals surface area contributed by atoms with Gasteiger partial charge >= 0.3 is 11.9 Å². The lowest BCUT2D eigenvalue weighted by Crippen LogP contribution is -2.29. The third-order valence-corrected chi connectivity index (χ3v) is 7.23. The summed E-state index contributed by atoms with van der Waals surface area (Å²) in [4.78, 5) is 30.9. The number of ether oxygens (including phenoxy) is 2. The van der Waals surface area contributed by atoms with E-state index in [0.717, 1.165) is 37.2 Å². The van der Waals surface area contributed by atoms with Crippen LogP contribution in [0.2, 0.25) is 0 Å². The van der Waals surface area contributed by atoms with Crippen LogP contribution in [0.1, 0.15) is 112 Å². The van der Waals surface area contributed by atoms with Gasteiger partial charge in [0.1, 0.15) is 11.9 Å². The summed E-state index contributed by atoms with van der Waals surface area (Å²) in [7, 11) is 0. The van der Waals surface area contributed by atoms with Gasteiger partial charge in [0.15, 0.2) is 0 Å². The van der Waals surface area contributed by atoms with Crippen molar-refractivity contribution < 1.29 is 19.1 Å². The Kier molecular flexibility index (Phi) is 14.4. The van der Waals surface area contributed by atoms with Gasteiger partial charge in [0.05, 0.1) is 25.3 Å². The molecule has 3 unspecified atom stereocenters. The van der Waals surface area contributed by atoms with Gasteiger partial charge in [-0.15, -0.1) is 0 Å². The number of nitrogens with zero attached hydrogens (tertiary/aromatic N) is 2. The molecule has 0 saturated heterocycles. The van der Waals surface area contributed by atoms with Gasteiger partial charge in [0.2, 0.25) is 0 Å². The Morgan fingerprint density at radius 1 is 0.833 bits per heavy atom. The summed E-state index contributed by atoms with van der Waals surface area (Å²) in [5, 5.41) is 0. The molecule has 0 aliphatic carbocycles. The number of carbonyl (C=O) groups excluding carboxylic acids is 2. The van der Waals surface area contributed by atoms with Crippen LogP contribution in [0.4, 0.5) is 0 Å². The minimum absolute atomic E-state index is 0.0467. The number of hydrogen-bond donors (Lipinski definition) is 0. The Hall–Kier alpha value is -1.85. The van der Waals surface area contributed by atoms with Crippen LogP contribution in [-0.2, 0) is 25.5 Å². The summed E-state index contributed by atoms with van der Waals surface area (Å²) in [6.07, 6.45) is 6.72. The van der Waals surface area contributed by atoms with Crippen molar-refractivity contribution in [1.82, 2.24) is 9.55 Å². The highest BCUT2D eigenvalue weighted by molar-refractivity contribution is 5.81. The molecule has 0 amide bonds. The molecule has 1 rings (SSSR count). The topological polar surface area (TPSA) is 70.4 Å². The van der Waals surface area contributed by atoms with Crippen molar-refractivity contribution in [2.24, 2.45) is 35.5 Å². The first-order valence-electron chi connectivity index (χ1n) is 14.2. The van der Waals surface area contributed by atoms with Gasteiger partial charge in [0.25, 0.3) is 0 Å². The van der Waals surface area contributed by atoms with Gasteiger partial charge < -0.3 is 14.0 Å². The van der Waals surface area contributed by atoms with E-state index in [1.165, 1.54) is 0 Å². The molecule has 6 nitrogen and oxygen atoms in total. The standard InChI is InChI=1S/C30H54N2O4/c1-11-28-31-24(10)17-32(28)27(30(34)36-19-26(23(8)9)15-13-21(4)5)16-29(33)35-18-25(22(6)7)14-12-20(2)3/h17,20-23,25-27H,11-16,18-19H2,1-10H3. The molecule has 0 bridgehead atoms. The summed E-state index contributed by atoms with van der Waals surface area (Å²) in [5.74, 6) is 2.73. The minimum atomic E-state index is -0.764. The maximum Gasteiger partial charge on any atom is 0.329 e. The molecule has 0 aliphatic rings. The van der Waals surface area contributed by atoms with E-state index < -0.39 is 6.04 Å². The number of rotatable bonds is 17. The predicted octanol–water partition coefficient (Wildman–Crippen LogP) is 7.19. The minimum Gasteiger partial charge on any atom is -0.465 e. The van der Waals surface area contributed by atoms with Crippen molar-refractivity contribution in [1.29, 1.82) is 0 Å². The van der Waals surface area contributed by atoms with Crippen LogP contribution in [0.3, 0.4) is 0 Å². The Balaban J connectivity index is 2.95. The average molecular weight is 507 g/mol. The molecule has 0 radical (unpaired) electrons. The third kappa shape index (κ3) is 11.5. The van der Waals surface area contributed by atoms with Crippen molar-refractivity contribution in [3.05, 3.63) is 17.7 Å². The smallest absolute Gasteiger partial charge is 0.329 e. The zero-order valence-corrected chi connectivity index (χ0v) is 24.8. The van der Waals surface area contributed by atoms with Crippen LogP contribution in [0.25, 0.3) is 0 Å². The molecule has 6 heteroatoms. The van der Waals surface area contributed by atoms with E-state index in [2.05, 4.69) is 60.4 Å².